The number of ether oxygens (including phenoxy) is 1. The molecule has 1 atom stereocenters. The molecule has 1 N–H and O–H groups in total. The summed E-state index contributed by atoms with van der Waals surface area (Å²) in [6.45, 7) is 1.10. The first-order valence-corrected chi connectivity index (χ1v) is 9.49. The molecule has 7 heteroatoms. The summed E-state index contributed by atoms with van der Waals surface area (Å²) in [5.74, 6) is 0.647. The van der Waals surface area contributed by atoms with Gasteiger partial charge in [0.05, 0.1) is 18.6 Å². The van der Waals surface area contributed by atoms with E-state index in [0.717, 1.165) is 38.0 Å². The summed E-state index contributed by atoms with van der Waals surface area (Å²) < 4.78 is 5.24. The average molecular weight is 383 g/mol. The van der Waals surface area contributed by atoms with Gasteiger partial charge in [0.25, 0.3) is 5.69 Å². The van der Waals surface area contributed by atoms with E-state index in [1.807, 2.05) is 12.1 Å². The molecular weight excluding hydrogens is 358 g/mol. The molecule has 148 valence electrons. The normalized spacial score (nSPS) is 17.5. The molecule has 0 saturated carbocycles. The fourth-order valence-electron chi connectivity index (χ4n) is 3.64. The van der Waals surface area contributed by atoms with Gasteiger partial charge in [0.15, 0.2) is 0 Å². The van der Waals surface area contributed by atoms with E-state index in [4.69, 9.17) is 4.74 Å². The number of amides is 1. The highest BCUT2D eigenvalue weighted by Gasteiger charge is 2.24. The van der Waals surface area contributed by atoms with E-state index in [9.17, 15) is 14.9 Å². The summed E-state index contributed by atoms with van der Waals surface area (Å²) in [6.07, 6.45) is 4.32. The SMILES string of the molecule is COc1ccc([C@H]2CCCCCN2CC(=O)Nc2cccc([N+](=O)[O-])c2)cc1. The number of hydrogen-bond acceptors (Lipinski definition) is 5. The summed E-state index contributed by atoms with van der Waals surface area (Å²) in [7, 11) is 1.64. The molecule has 1 aliphatic heterocycles. The van der Waals surface area contributed by atoms with Crippen LogP contribution in [0, 0.1) is 10.1 Å². The van der Waals surface area contributed by atoms with Gasteiger partial charge in [-0.1, -0.05) is 31.0 Å². The Morgan fingerprint density at radius 1 is 1.21 bits per heavy atom. The number of non-ortho nitro benzene ring substituents is 1. The Morgan fingerprint density at radius 3 is 2.71 bits per heavy atom. The van der Waals surface area contributed by atoms with Crippen LogP contribution in [0.2, 0.25) is 0 Å². The van der Waals surface area contributed by atoms with Crippen molar-refractivity contribution in [2.24, 2.45) is 0 Å². The molecule has 0 aliphatic carbocycles. The van der Waals surface area contributed by atoms with Crippen molar-refractivity contribution in [3.05, 3.63) is 64.2 Å². The number of nitrogens with one attached hydrogen (secondary N) is 1. The van der Waals surface area contributed by atoms with Crippen LogP contribution in [0.15, 0.2) is 48.5 Å². The molecule has 3 rings (SSSR count). The van der Waals surface area contributed by atoms with Crippen LogP contribution in [-0.4, -0.2) is 35.9 Å². The number of carbonyl (C=O) groups excluding carboxylic acids is 1. The van der Waals surface area contributed by atoms with Crippen LogP contribution < -0.4 is 10.1 Å². The maximum Gasteiger partial charge on any atom is 0.271 e. The van der Waals surface area contributed by atoms with Gasteiger partial charge in [0.1, 0.15) is 5.75 Å². The first-order valence-electron chi connectivity index (χ1n) is 9.49. The lowest BCUT2D eigenvalue weighted by Gasteiger charge is -2.29. The summed E-state index contributed by atoms with van der Waals surface area (Å²) >= 11 is 0. The van der Waals surface area contributed by atoms with Crippen molar-refractivity contribution < 1.29 is 14.5 Å². The van der Waals surface area contributed by atoms with E-state index >= 15 is 0 Å². The highest BCUT2D eigenvalue weighted by Crippen LogP contribution is 2.31. The van der Waals surface area contributed by atoms with Gasteiger partial charge in [-0.2, -0.15) is 0 Å². The number of methoxy groups -OCH3 is 1. The van der Waals surface area contributed by atoms with Gasteiger partial charge in [-0.25, -0.2) is 0 Å². The lowest BCUT2D eigenvalue weighted by molar-refractivity contribution is -0.384. The van der Waals surface area contributed by atoms with Crippen LogP contribution in [0.3, 0.4) is 0 Å². The van der Waals surface area contributed by atoms with Crippen molar-refractivity contribution in [3.63, 3.8) is 0 Å². The molecule has 0 unspecified atom stereocenters. The van der Waals surface area contributed by atoms with E-state index in [1.165, 1.54) is 17.7 Å². The molecule has 0 spiro atoms. The Kier molecular flexibility index (Phi) is 6.60. The molecule has 2 aromatic rings. The number of likely N-dealkylation sites (tertiary alicyclic amines) is 1. The van der Waals surface area contributed by atoms with E-state index in [2.05, 4.69) is 22.3 Å². The molecule has 1 heterocycles. The number of hydrogen-bond donors (Lipinski definition) is 1. The predicted octanol–water partition coefficient (Wildman–Crippen LogP) is 4.16. The van der Waals surface area contributed by atoms with Crippen LogP contribution in [0.5, 0.6) is 5.75 Å². The third kappa shape index (κ3) is 5.07. The topological polar surface area (TPSA) is 84.7 Å². The highest BCUT2D eigenvalue weighted by atomic mass is 16.6. The Hall–Kier alpha value is -2.93. The molecule has 1 aliphatic rings. The van der Waals surface area contributed by atoms with Crippen molar-refractivity contribution >= 4 is 17.3 Å². The van der Waals surface area contributed by atoms with Crippen molar-refractivity contribution in [2.75, 3.05) is 25.5 Å². The van der Waals surface area contributed by atoms with Crippen LogP contribution in [0.25, 0.3) is 0 Å². The molecule has 0 bridgehead atoms. The molecule has 2 aromatic carbocycles. The summed E-state index contributed by atoms with van der Waals surface area (Å²) in [6, 6.07) is 14.2. The van der Waals surface area contributed by atoms with E-state index in [0.29, 0.717) is 5.69 Å². The van der Waals surface area contributed by atoms with Crippen molar-refractivity contribution in [2.45, 2.75) is 31.7 Å². The first kappa shape index (κ1) is 19.8. The quantitative estimate of drug-likeness (QED) is 0.598. The summed E-state index contributed by atoms with van der Waals surface area (Å²) in [5, 5.41) is 13.7. The van der Waals surface area contributed by atoms with Crippen molar-refractivity contribution in [3.8, 4) is 5.75 Å². The van der Waals surface area contributed by atoms with Gasteiger partial charge >= 0.3 is 0 Å². The molecule has 1 amide bonds. The molecule has 28 heavy (non-hydrogen) atoms. The van der Waals surface area contributed by atoms with Gasteiger partial charge in [-0.3, -0.25) is 19.8 Å². The van der Waals surface area contributed by atoms with Crippen LogP contribution >= 0.6 is 0 Å². The number of nitro benzene ring substituents is 1. The third-order valence-corrected chi connectivity index (χ3v) is 5.05. The van der Waals surface area contributed by atoms with Gasteiger partial charge in [0.2, 0.25) is 5.91 Å². The second-order valence-electron chi connectivity index (χ2n) is 6.96. The maximum absolute atomic E-state index is 12.6. The Balaban J connectivity index is 1.70. The van der Waals surface area contributed by atoms with E-state index in [-0.39, 0.29) is 24.2 Å². The zero-order valence-corrected chi connectivity index (χ0v) is 16.0. The largest absolute Gasteiger partial charge is 0.497 e. The number of rotatable bonds is 6. The Labute approximate surface area is 164 Å². The minimum absolute atomic E-state index is 0.0383. The van der Waals surface area contributed by atoms with Crippen molar-refractivity contribution in [1.29, 1.82) is 0 Å². The zero-order chi connectivity index (χ0) is 19.9. The molecule has 7 nitrogen and oxygen atoms in total. The second-order valence-corrected chi connectivity index (χ2v) is 6.96. The molecule has 1 saturated heterocycles. The summed E-state index contributed by atoms with van der Waals surface area (Å²) in [5.41, 5.74) is 1.57. The van der Waals surface area contributed by atoms with Gasteiger partial charge in [-0.15, -0.1) is 0 Å². The van der Waals surface area contributed by atoms with Gasteiger partial charge < -0.3 is 10.1 Å². The van der Waals surface area contributed by atoms with E-state index < -0.39 is 4.92 Å². The lowest BCUT2D eigenvalue weighted by Crippen LogP contribution is -2.36. The molecule has 0 aromatic heterocycles. The number of carbonyl (C=O) groups is 1. The molecule has 0 radical (unpaired) electrons. The number of anilines is 1. The number of benzene rings is 2. The van der Waals surface area contributed by atoms with Crippen LogP contribution in [0.4, 0.5) is 11.4 Å². The fourth-order valence-corrected chi connectivity index (χ4v) is 3.64. The van der Waals surface area contributed by atoms with Crippen molar-refractivity contribution in [1.82, 2.24) is 4.90 Å². The number of nitro groups is 1. The first-order chi connectivity index (χ1) is 13.6. The number of nitrogens with zero attached hydrogens (tertiary/aromatic N) is 2. The molecular formula is C21H25N3O4. The predicted molar refractivity (Wildman–Crippen MR) is 108 cm³/mol. The Morgan fingerprint density at radius 2 is 2.00 bits per heavy atom. The maximum atomic E-state index is 12.6. The fraction of sp³-hybridized carbons (Fsp3) is 0.381. The monoisotopic (exact) mass is 383 g/mol. The van der Waals surface area contributed by atoms with Gasteiger partial charge in [-0.05, 0) is 43.1 Å². The lowest BCUT2D eigenvalue weighted by atomic mass is 10.0. The Bertz CT molecular complexity index is 823. The summed E-state index contributed by atoms with van der Waals surface area (Å²) in [4.78, 5) is 25.3. The average Bonchev–Trinajstić information content (AvgIpc) is 2.93. The highest BCUT2D eigenvalue weighted by molar-refractivity contribution is 5.92. The second kappa shape index (κ2) is 9.32. The van der Waals surface area contributed by atoms with E-state index in [1.54, 1.807) is 19.2 Å². The standard InChI is InChI=1S/C21H25N3O4/c1-28-19-11-9-16(10-12-19)20-8-3-2-4-13-23(20)15-21(25)22-17-6-5-7-18(14-17)24(26)27/h5-7,9-12,14,20H,2-4,8,13,15H2,1H3,(H,22,25)/t20-/m1/s1. The minimum Gasteiger partial charge on any atom is -0.497 e. The van der Waals surface area contributed by atoms with Crippen LogP contribution in [-0.2, 0) is 4.79 Å². The smallest absolute Gasteiger partial charge is 0.271 e. The third-order valence-electron chi connectivity index (χ3n) is 5.05. The zero-order valence-electron chi connectivity index (χ0n) is 16.0. The van der Waals surface area contributed by atoms with Crippen LogP contribution in [0.1, 0.15) is 37.3 Å². The van der Waals surface area contributed by atoms with Gasteiger partial charge in [0, 0.05) is 23.9 Å². The minimum atomic E-state index is -0.468. The molecule has 1 fully saturated rings.